The molecule has 0 aromatic heterocycles. The molecule has 0 spiro atoms. The third-order valence-corrected chi connectivity index (χ3v) is 3.05. The molecule has 2 aromatic rings. The molecule has 2 aromatic carbocycles. The van der Waals surface area contributed by atoms with Crippen LogP contribution in [0.3, 0.4) is 0 Å². The van der Waals surface area contributed by atoms with Crippen LogP contribution in [0.4, 0.5) is 0 Å². The fourth-order valence-corrected chi connectivity index (χ4v) is 2.01. The predicted molar refractivity (Wildman–Crippen MR) is 88.8 cm³/mol. The van der Waals surface area contributed by atoms with E-state index in [0.717, 1.165) is 0 Å². The van der Waals surface area contributed by atoms with E-state index in [-0.39, 0.29) is 15.5 Å². The number of halogens is 1. The largest absolute Gasteiger partial charge is 0.304 e. The molecule has 1 unspecified atom stereocenters. The second kappa shape index (κ2) is 6.61. The molecule has 2 nitrogen and oxygen atoms in total. The lowest BCUT2D eigenvalue weighted by Gasteiger charge is -2.38. The Morgan fingerprint density at radius 1 is 1.05 bits per heavy atom. The van der Waals surface area contributed by atoms with Crippen LogP contribution in [0, 0.1) is 0 Å². The van der Waals surface area contributed by atoms with E-state index < -0.39 is 79.7 Å². The zero-order valence-corrected chi connectivity index (χ0v) is 11.4. The Labute approximate surface area is 154 Å². The lowest BCUT2D eigenvalue weighted by Crippen LogP contribution is -2.46. The number of benzene rings is 2. The minimum Gasteiger partial charge on any atom is -0.304 e. The highest BCUT2D eigenvalue weighted by Crippen LogP contribution is 2.30. The Balaban J connectivity index is 2.51. The van der Waals surface area contributed by atoms with Crippen molar-refractivity contribution >= 4 is 11.6 Å². The Bertz CT molecular complexity index is 1150. The molecule has 1 saturated heterocycles. The van der Waals surface area contributed by atoms with Crippen LogP contribution in [0.25, 0.3) is 0 Å². The van der Waals surface area contributed by atoms with Crippen LogP contribution >= 0.6 is 11.6 Å². The van der Waals surface area contributed by atoms with Gasteiger partial charge in [0.1, 0.15) is 0 Å². The summed E-state index contributed by atoms with van der Waals surface area (Å²) in [6.45, 7) is -18.4. The highest BCUT2D eigenvalue weighted by atomic mass is 35.5. The Morgan fingerprint density at radius 2 is 1.71 bits per heavy atom. The molecule has 3 rings (SSSR count). The number of hydrogen-bond acceptors (Lipinski definition) is 2. The van der Waals surface area contributed by atoms with Gasteiger partial charge in [-0.15, -0.1) is 0 Å². The molecule has 0 radical (unpaired) electrons. The van der Waals surface area contributed by atoms with Crippen molar-refractivity contribution in [1.82, 2.24) is 9.80 Å². The van der Waals surface area contributed by atoms with Crippen molar-refractivity contribution in [3.05, 3.63) is 70.6 Å². The third kappa shape index (κ3) is 3.46. The van der Waals surface area contributed by atoms with Gasteiger partial charge in [-0.05, 0) is 30.2 Å². The van der Waals surface area contributed by atoms with E-state index in [1.54, 1.807) is 0 Å². The van der Waals surface area contributed by atoms with E-state index in [9.17, 15) is 0 Å². The number of nitrogens with zero attached hydrogens (tertiary/aromatic N) is 2. The molecule has 1 aliphatic rings. The quantitative estimate of drug-likeness (QED) is 0.852. The summed E-state index contributed by atoms with van der Waals surface area (Å²) in [5, 5.41) is 0.174. The molecule has 1 fully saturated rings. The smallest absolute Gasteiger partial charge is 0.0626 e. The summed E-state index contributed by atoms with van der Waals surface area (Å²) >= 11 is 5.94. The van der Waals surface area contributed by atoms with Crippen LogP contribution in [0.15, 0.2) is 54.5 Å². The Kier molecular flexibility index (Phi) is 1.52. The molecular formula is C18H21ClN2. The maximum atomic E-state index is 8.63. The average molecular weight is 317 g/mol. The van der Waals surface area contributed by atoms with Crippen molar-refractivity contribution in [3.63, 3.8) is 0 Å². The summed E-state index contributed by atoms with van der Waals surface area (Å²) in [5.74, 6) is 0. The monoisotopic (exact) mass is 316 g/mol. The van der Waals surface area contributed by atoms with Gasteiger partial charge in [0.15, 0.2) is 0 Å². The summed E-state index contributed by atoms with van der Waals surface area (Å²) in [6, 6.07) is -1.22. The normalized spacial score (nSPS) is 39.9. The molecule has 1 heterocycles. The lowest BCUT2D eigenvalue weighted by atomic mass is 9.96. The van der Waals surface area contributed by atoms with Crippen molar-refractivity contribution in [2.45, 2.75) is 6.04 Å². The standard InChI is InChI=1S/C18H21ClN2/c1-20-11-13-21(14-12-20)18(15-5-3-2-4-6-15)16-7-9-17(19)10-8-16/h2-10,18H,11-14H2,1H3/i1D3,2D,3D,4D,5D,6D,11D2,12D2,13D2,14D2. The first-order valence-corrected chi connectivity index (χ1v) is 6.34. The van der Waals surface area contributed by atoms with Crippen LogP contribution in [0.5, 0.6) is 0 Å². The molecule has 1 aliphatic heterocycles. The van der Waals surface area contributed by atoms with Gasteiger partial charge in [-0.25, -0.2) is 0 Å². The molecule has 21 heavy (non-hydrogen) atoms. The molecule has 110 valence electrons. The number of hydrogen-bond donors (Lipinski definition) is 0. The van der Waals surface area contributed by atoms with Crippen molar-refractivity contribution in [1.29, 1.82) is 0 Å². The third-order valence-electron chi connectivity index (χ3n) is 2.80. The Morgan fingerprint density at radius 3 is 2.33 bits per heavy atom. The van der Waals surface area contributed by atoms with Gasteiger partial charge in [-0.3, -0.25) is 4.90 Å². The van der Waals surface area contributed by atoms with Gasteiger partial charge in [-0.2, -0.15) is 0 Å². The van der Waals surface area contributed by atoms with Gasteiger partial charge in [0.05, 0.1) is 12.9 Å². The van der Waals surface area contributed by atoms with Gasteiger partial charge in [-0.1, -0.05) is 53.9 Å². The first kappa shape index (κ1) is 4.82. The summed E-state index contributed by atoms with van der Waals surface area (Å²) in [4.78, 5) is -0.441. The number of likely N-dealkylation sites (N-methyl/N-ethyl adjacent to an activating group) is 1. The van der Waals surface area contributed by atoms with Crippen LogP contribution in [0.2, 0.25) is 5.02 Å². The molecule has 0 saturated carbocycles. The maximum absolute atomic E-state index is 8.63. The minimum absolute atomic E-state index is 0.0550. The van der Waals surface area contributed by atoms with Gasteiger partial charge in [0, 0.05) is 46.1 Å². The average Bonchev–Trinajstić information content (AvgIpc) is 2.73. The fraction of sp³-hybridized carbons (Fsp3) is 0.333. The molecule has 0 N–H and O–H groups in total. The van der Waals surface area contributed by atoms with Crippen molar-refractivity contribution in [3.8, 4) is 0 Å². The van der Waals surface area contributed by atoms with Crippen molar-refractivity contribution in [2.24, 2.45) is 0 Å². The van der Waals surface area contributed by atoms with E-state index in [4.69, 9.17) is 33.5 Å². The highest BCUT2D eigenvalue weighted by molar-refractivity contribution is 6.30. The van der Waals surface area contributed by atoms with Crippen molar-refractivity contribution < 1.29 is 21.9 Å². The number of piperazine rings is 1. The van der Waals surface area contributed by atoms with Gasteiger partial charge in [0.2, 0.25) is 0 Å². The lowest BCUT2D eigenvalue weighted by molar-refractivity contribution is 0.127. The first-order valence-electron chi connectivity index (χ1n) is 14.0. The molecule has 3 heteroatoms. The summed E-state index contributed by atoms with van der Waals surface area (Å²) in [6.07, 6.45) is 0. The summed E-state index contributed by atoms with van der Waals surface area (Å²) < 4.78 is 132. The zero-order chi connectivity index (χ0) is 28.7. The molecule has 0 amide bonds. The van der Waals surface area contributed by atoms with E-state index in [2.05, 4.69) is 0 Å². The van der Waals surface area contributed by atoms with E-state index >= 15 is 0 Å². The predicted octanol–water partition coefficient (Wildman–Crippen LogP) is 3.68. The van der Waals surface area contributed by atoms with E-state index in [0.29, 0.717) is 0 Å². The second-order valence-electron chi connectivity index (χ2n) is 4.15. The zero-order valence-electron chi connectivity index (χ0n) is 26.7. The van der Waals surface area contributed by atoms with Crippen LogP contribution < -0.4 is 0 Å². The van der Waals surface area contributed by atoms with Gasteiger partial charge < -0.3 is 4.90 Å². The SMILES string of the molecule is [2H]c1c([2H])c([2H])c(C(c2ccc(Cl)cc2)N2C([2H])([2H])C([2H])([2H])N(C([2H])([2H])[2H])C([2H])([2H])C2([2H])[2H])c([2H])c1[2H]. The van der Waals surface area contributed by atoms with Crippen LogP contribution in [-0.2, 0) is 0 Å². The van der Waals surface area contributed by atoms with E-state index in [1.807, 2.05) is 0 Å². The fourth-order valence-electron chi connectivity index (χ4n) is 1.88. The number of rotatable bonds is 3. The first-order chi connectivity index (χ1) is 16.5. The van der Waals surface area contributed by atoms with Crippen molar-refractivity contribution in [2.75, 3.05) is 33.0 Å². The highest BCUT2D eigenvalue weighted by Gasteiger charge is 2.25. The summed E-state index contributed by atoms with van der Waals surface area (Å²) in [5.41, 5.74) is -0.792. The van der Waals surface area contributed by atoms with Crippen LogP contribution in [-0.4, -0.2) is 42.8 Å². The van der Waals surface area contributed by atoms with E-state index in [1.165, 1.54) is 24.3 Å². The molecule has 0 aliphatic carbocycles. The van der Waals surface area contributed by atoms with Gasteiger partial charge >= 0.3 is 0 Å². The second-order valence-corrected chi connectivity index (χ2v) is 4.58. The Hall–Kier alpha value is -1.35. The maximum Gasteiger partial charge on any atom is 0.0626 e. The topological polar surface area (TPSA) is 6.48 Å². The summed E-state index contributed by atoms with van der Waals surface area (Å²) in [7, 11) is 0. The molecule has 0 bridgehead atoms. The van der Waals surface area contributed by atoms with Crippen LogP contribution in [0.1, 0.15) is 39.1 Å². The van der Waals surface area contributed by atoms with Gasteiger partial charge in [0.25, 0.3) is 0 Å². The minimum atomic E-state index is -3.72. The molecule has 1 atom stereocenters. The molecular weight excluding hydrogens is 280 g/mol.